The van der Waals surface area contributed by atoms with Gasteiger partial charge in [-0.05, 0) is 63.4 Å². The number of aryl methyl sites for hydroxylation is 1. The number of nitrogens with zero attached hydrogens (tertiary/aromatic N) is 1. The Kier molecular flexibility index (Phi) is 5.91. The van der Waals surface area contributed by atoms with Crippen molar-refractivity contribution in [3.8, 4) is 5.75 Å². The average molecular weight is 436 g/mol. The molecular formula is C25H29N3O4. The average Bonchev–Trinajstić information content (AvgIpc) is 3.25. The Bertz CT molecular complexity index is 1060. The second-order valence-corrected chi connectivity index (χ2v) is 9.00. The summed E-state index contributed by atoms with van der Waals surface area (Å²) in [5.74, 6) is -0.368. The van der Waals surface area contributed by atoms with E-state index in [2.05, 4.69) is 10.6 Å². The first-order chi connectivity index (χ1) is 15.2. The van der Waals surface area contributed by atoms with Crippen molar-refractivity contribution < 1.29 is 19.1 Å². The molecule has 0 aromatic heterocycles. The maximum Gasteiger partial charge on any atom is 0.271 e. The minimum atomic E-state index is -1.12. The number of ether oxygens (including phenoxy) is 1. The van der Waals surface area contributed by atoms with Crippen LogP contribution in [0.1, 0.15) is 55.5 Å². The first kappa shape index (κ1) is 21.9. The van der Waals surface area contributed by atoms with Crippen molar-refractivity contribution in [3.05, 3.63) is 53.6 Å². The normalized spacial score (nSPS) is 17.5. The van der Waals surface area contributed by atoms with E-state index in [4.69, 9.17) is 4.74 Å². The van der Waals surface area contributed by atoms with Crippen LogP contribution in [0.25, 0.3) is 0 Å². The standard InChI is InChI=1S/C25H29N3O4/c1-16-8-4-7-11-19(16)27-22(29)15-28-20-14-17(23(30)26-18-9-5-6-10-18)12-13-21(20)32-25(2,3)24(28)31/h4,7-8,11-14,18H,5-6,9-10,15H2,1-3H3,(H,26,30)(H,27,29). The largest absolute Gasteiger partial charge is 0.476 e. The zero-order chi connectivity index (χ0) is 22.9. The van der Waals surface area contributed by atoms with Crippen molar-refractivity contribution in [2.24, 2.45) is 0 Å². The fourth-order valence-electron chi connectivity index (χ4n) is 4.25. The molecule has 2 N–H and O–H groups in total. The van der Waals surface area contributed by atoms with Gasteiger partial charge < -0.3 is 15.4 Å². The van der Waals surface area contributed by atoms with Crippen LogP contribution >= 0.6 is 0 Å². The van der Waals surface area contributed by atoms with Gasteiger partial charge >= 0.3 is 0 Å². The molecule has 2 aliphatic rings. The Hall–Kier alpha value is -3.35. The van der Waals surface area contributed by atoms with Gasteiger partial charge in [0.1, 0.15) is 12.3 Å². The lowest BCUT2D eigenvalue weighted by Crippen LogP contribution is -2.54. The third-order valence-electron chi connectivity index (χ3n) is 6.05. The minimum Gasteiger partial charge on any atom is -0.476 e. The number of anilines is 2. The number of carbonyl (C=O) groups excluding carboxylic acids is 3. The maximum absolute atomic E-state index is 13.1. The van der Waals surface area contributed by atoms with Gasteiger partial charge in [-0.15, -0.1) is 0 Å². The van der Waals surface area contributed by atoms with E-state index in [1.165, 1.54) is 4.90 Å². The van der Waals surface area contributed by atoms with Crippen LogP contribution in [-0.4, -0.2) is 35.9 Å². The van der Waals surface area contributed by atoms with Crippen LogP contribution in [0.2, 0.25) is 0 Å². The number of para-hydroxylation sites is 1. The lowest BCUT2D eigenvalue weighted by Gasteiger charge is -2.38. The molecule has 0 spiro atoms. The Labute approximate surface area is 188 Å². The van der Waals surface area contributed by atoms with Crippen molar-refractivity contribution in [3.63, 3.8) is 0 Å². The lowest BCUT2D eigenvalue weighted by molar-refractivity contribution is -0.133. The van der Waals surface area contributed by atoms with Crippen LogP contribution in [-0.2, 0) is 9.59 Å². The van der Waals surface area contributed by atoms with E-state index in [0.717, 1.165) is 31.2 Å². The number of hydrogen-bond donors (Lipinski definition) is 2. The van der Waals surface area contributed by atoms with E-state index >= 15 is 0 Å². The molecule has 1 fully saturated rings. The van der Waals surface area contributed by atoms with E-state index in [-0.39, 0.29) is 30.3 Å². The molecule has 1 aliphatic heterocycles. The molecule has 0 radical (unpaired) electrons. The summed E-state index contributed by atoms with van der Waals surface area (Å²) < 4.78 is 5.89. The van der Waals surface area contributed by atoms with Crippen molar-refractivity contribution >= 4 is 29.1 Å². The molecule has 1 saturated carbocycles. The van der Waals surface area contributed by atoms with Gasteiger partial charge in [0.2, 0.25) is 5.91 Å². The highest BCUT2D eigenvalue weighted by Gasteiger charge is 2.42. The molecule has 2 aromatic rings. The summed E-state index contributed by atoms with van der Waals surface area (Å²) in [4.78, 5) is 40.1. The van der Waals surface area contributed by atoms with Gasteiger partial charge in [-0.3, -0.25) is 19.3 Å². The predicted molar refractivity (Wildman–Crippen MR) is 123 cm³/mol. The SMILES string of the molecule is Cc1ccccc1NC(=O)CN1C(=O)C(C)(C)Oc2ccc(C(=O)NC3CCCC3)cc21. The Balaban J connectivity index is 1.58. The van der Waals surface area contributed by atoms with Crippen LogP contribution < -0.4 is 20.3 Å². The highest BCUT2D eigenvalue weighted by Crippen LogP contribution is 2.38. The second kappa shape index (κ2) is 8.65. The number of hydrogen-bond acceptors (Lipinski definition) is 4. The molecule has 0 saturated heterocycles. The summed E-state index contributed by atoms with van der Waals surface area (Å²) in [5.41, 5.74) is 1.37. The zero-order valence-corrected chi connectivity index (χ0v) is 18.7. The van der Waals surface area contributed by atoms with Crippen LogP contribution in [0.4, 0.5) is 11.4 Å². The number of benzene rings is 2. The molecule has 4 rings (SSSR count). The van der Waals surface area contributed by atoms with Crippen LogP contribution in [0.3, 0.4) is 0 Å². The Morgan fingerprint density at radius 3 is 2.56 bits per heavy atom. The van der Waals surface area contributed by atoms with Gasteiger partial charge in [0, 0.05) is 17.3 Å². The molecule has 1 heterocycles. The number of amides is 3. The molecule has 2 aromatic carbocycles. The lowest BCUT2D eigenvalue weighted by atomic mass is 10.0. The monoisotopic (exact) mass is 435 g/mol. The van der Waals surface area contributed by atoms with Gasteiger partial charge in [-0.25, -0.2) is 0 Å². The van der Waals surface area contributed by atoms with Gasteiger partial charge in [-0.1, -0.05) is 31.0 Å². The summed E-state index contributed by atoms with van der Waals surface area (Å²) in [6.07, 6.45) is 4.21. The molecule has 0 bridgehead atoms. The first-order valence-corrected chi connectivity index (χ1v) is 11.1. The summed E-state index contributed by atoms with van der Waals surface area (Å²) in [7, 11) is 0. The van der Waals surface area contributed by atoms with E-state index in [9.17, 15) is 14.4 Å². The molecule has 32 heavy (non-hydrogen) atoms. The molecule has 0 atom stereocenters. The van der Waals surface area contributed by atoms with E-state index < -0.39 is 5.60 Å². The van der Waals surface area contributed by atoms with E-state index in [1.807, 2.05) is 31.2 Å². The molecule has 7 nitrogen and oxygen atoms in total. The third-order valence-corrected chi connectivity index (χ3v) is 6.05. The maximum atomic E-state index is 13.1. The summed E-state index contributed by atoms with van der Waals surface area (Å²) in [5, 5.41) is 5.93. The van der Waals surface area contributed by atoms with Gasteiger partial charge in [-0.2, -0.15) is 0 Å². The van der Waals surface area contributed by atoms with Gasteiger partial charge in [0.25, 0.3) is 11.8 Å². The fraction of sp³-hybridized carbons (Fsp3) is 0.400. The highest BCUT2D eigenvalue weighted by molar-refractivity contribution is 6.08. The van der Waals surface area contributed by atoms with Crippen molar-refractivity contribution in [1.82, 2.24) is 5.32 Å². The Morgan fingerprint density at radius 2 is 1.84 bits per heavy atom. The molecule has 0 unspecified atom stereocenters. The smallest absolute Gasteiger partial charge is 0.271 e. The summed E-state index contributed by atoms with van der Waals surface area (Å²) in [6, 6.07) is 12.7. The number of carbonyl (C=O) groups is 3. The second-order valence-electron chi connectivity index (χ2n) is 9.00. The molecule has 7 heteroatoms. The predicted octanol–water partition coefficient (Wildman–Crippen LogP) is 3.81. The zero-order valence-electron chi connectivity index (χ0n) is 18.7. The van der Waals surface area contributed by atoms with E-state index in [1.54, 1.807) is 32.0 Å². The molecule has 1 aliphatic carbocycles. The molecule has 3 amide bonds. The van der Waals surface area contributed by atoms with Crippen molar-refractivity contribution in [2.75, 3.05) is 16.8 Å². The van der Waals surface area contributed by atoms with Crippen LogP contribution in [0.5, 0.6) is 5.75 Å². The topological polar surface area (TPSA) is 87.7 Å². The van der Waals surface area contributed by atoms with Crippen LogP contribution in [0.15, 0.2) is 42.5 Å². The third kappa shape index (κ3) is 4.47. The number of fused-ring (bicyclic) bond motifs is 1. The highest BCUT2D eigenvalue weighted by atomic mass is 16.5. The van der Waals surface area contributed by atoms with Gasteiger partial charge in [0.15, 0.2) is 5.60 Å². The van der Waals surface area contributed by atoms with Crippen molar-refractivity contribution in [1.29, 1.82) is 0 Å². The number of rotatable bonds is 5. The molecular weight excluding hydrogens is 406 g/mol. The van der Waals surface area contributed by atoms with Gasteiger partial charge in [0.05, 0.1) is 5.69 Å². The minimum absolute atomic E-state index is 0.179. The summed E-state index contributed by atoms with van der Waals surface area (Å²) in [6.45, 7) is 5.07. The quantitative estimate of drug-likeness (QED) is 0.748. The first-order valence-electron chi connectivity index (χ1n) is 11.1. The van der Waals surface area contributed by atoms with Crippen LogP contribution in [0, 0.1) is 6.92 Å². The molecule has 168 valence electrons. The summed E-state index contributed by atoms with van der Waals surface area (Å²) >= 11 is 0. The number of nitrogens with one attached hydrogen (secondary N) is 2. The Morgan fingerprint density at radius 1 is 1.12 bits per heavy atom. The fourth-order valence-corrected chi connectivity index (χ4v) is 4.25. The van der Waals surface area contributed by atoms with E-state index in [0.29, 0.717) is 22.7 Å². The van der Waals surface area contributed by atoms with Crippen molar-refractivity contribution in [2.45, 2.75) is 58.1 Å².